The van der Waals surface area contributed by atoms with Crippen molar-refractivity contribution in [2.24, 2.45) is 0 Å². The number of rotatable bonds is 2. The van der Waals surface area contributed by atoms with Crippen LogP contribution >= 0.6 is 0 Å². The summed E-state index contributed by atoms with van der Waals surface area (Å²) >= 11 is 0. The van der Waals surface area contributed by atoms with Crippen LogP contribution in [0.15, 0.2) is 6.07 Å². The minimum absolute atomic E-state index is 0.436. The van der Waals surface area contributed by atoms with Crippen molar-refractivity contribution >= 4 is 11.8 Å². The van der Waals surface area contributed by atoms with Gasteiger partial charge >= 0.3 is 0 Å². The second-order valence-corrected chi connectivity index (χ2v) is 6.49. The highest BCUT2D eigenvalue weighted by molar-refractivity contribution is 5.44. The van der Waals surface area contributed by atoms with Crippen molar-refractivity contribution in [1.82, 2.24) is 14.9 Å². The lowest BCUT2D eigenvalue weighted by Crippen LogP contribution is -2.30. The molecule has 21 heavy (non-hydrogen) atoms. The smallest absolute Gasteiger partial charge is 0.222 e. The molecule has 1 aromatic rings. The predicted molar refractivity (Wildman–Crippen MR) is 86.6 cm³/mol. The number of nitrogens with two attached hydrogens (primary N) is 1. The van der Waals surface area contributed by atoms with Crippen molar-refractivity contribution in [1.29, 1.82) is 0 Å². The van der Waals surface area contributed by atoms with Gasteiger partial charge in [0.2, 0.25) is 5.95 Å². The average molecular weight is 289 g/mol. The van der Waals surface area contributed by atoms with E-state index in [9.17, 15) is 0 Å². The molecule has 3 rings (SSSR count). The van der Waals surface area contributed by atoms with Crippen LogP contribution in [0.2, 0.25) is 0 Å². The number of nitrogen functional groups attached to an aromatic ring is 1. The molecule has 0 radical (unpaired) electrons. The molecule has 1 saturated carbocycles. The molecule has 0 atom stereocenters. The van der Waals surface area contributed by atoms with E-state index in [0.29, 0.717) is 11.9 Å². The molecule has 2 aliphatic rings. The highest BCUT2D eigenvalue weighted by atomic mass is 15.2. The summed E-state index contributed by atoms with van der Waals surface area (Å²) in [7, 11) is 2.19. The molecule has 1 aromatic heterocycles. The van der Waals surface area contributed by atoms with Crippen LogP contribution in [-0.2, 0) is 0 Å². The maximum atomic E-state index is 5.98. The van der Waals surface area contributed by atoms with Crippen molar-refractivity contribution in [2.45, 2.75) is 44.4 Å². The van der Waals surface area contributed by atoms with Gasteiger partial charge in [0.05, 0.1) is 5.69 Å². The molecule has 0 aromatic carbocycles. The summed E-state index contributed by atoms with van der Waals surface area (Å²) in [5.41, 5.74) is 7.14. The second-order valence-electron chi connectivity index (χ2n) is 6.49. The summed E-state index contributed by atoms with van der Waals surface area (Å²) in [5, 5.41) is 0. The number of hydrogen-bond donors (Lipinski definition) is 1. The fourth-order valence-electron chi connectivity index (χ4n) is 3.52. The number of hydrogen-bond acceptors (Lipinski definition) is 5. The molecule has 0 unspecified atom stereocenters. The summed E-state index contributed by atoms with van der Waals surface area (Å²) in [6.07, 6.45) is 7.68. The van der Waals surface area contributed by atoms with Crippen molar-refractivity contribution in [3.63, 3.8) is 0 Å². The lowest BCUT2D eigenvalue weighted by molar-refractivity contribution is 0.360. The van der Waals surface area contributed by atoms with E-state index < -0.39 is 0 Å². The van der Waals surface area contributed by atoms with Crippen molar-refractivity contribution < 1.29 is 0 Å². The van der Waals surface area contributed by atoms with Crippen molar-refractivity contribution in [3.05, 3.63) is 11.8 Å². The van der Waals surface area contributed by atoms with Gasteiger partial charge in [0, 0.05) is 31.6 Å². The second kappa shape index (κ2) is 6.60. The molecule has 1 aliphatic carbocycles. The lowest BCUT2D eigenvalue weighted by Gasteiger charge is -2.25. The minimum atomic E-state index is 0.436. The van der Waals surface area contributed by atoms with Gasteiger partial charge in [-0.25, -0.2) is 4.98 Å². The third-order valence-corrected chi connectivity index (χ3v) is 4.82. The van der Waals surface area contributed by atoms with Gasteiger partial charge in [0.25, 0.3) is 0 Å². The first kappa shape index (κ1) is 14.6. The molecule has 2 N–H and O–H groups in total. The van der Waals surface area contributed by atoms with Crippen molar-refractivity contribution in [2.75, 3.05) is 43.9 Å². The van der Waals surface area contributed by atoms with Gasteiger partial charge in [0.1, 0.15) is 5.82 Å². The normalized spacial score (nSPS) is 22.2. The van der Waals surface area contributed by atoms with Crippen LogP contribution in [0.4, 0.5) is 11.8 Å². The van der Waals surface area contributed by atoms with Gasteiger partial charge in [-0.15, -0.1) is 0 Å². The van der Waals surface area contributed by atoms with Gasteiger partial charge in [-0.05, 0) is 32.9 Å². The largest absolute Gasteiger partial charge is 0.368 e. The van der Waals surface area contributed by atoms with Gasteiger partial charge in [-0.2, -0.15) is 4.98 Å². The van der Waals surface area contributed by atoms with Crippen LogP contribution in [0.5, 0.6) is 0 Å². The van der Waals surface area contributed by atoms with Crippen molar-refractivity contribution in [3.8, 4) is 0 Å². The Hall–Kier alpha value is -1.36. The fraction of sp³-hybridized carbons (Fsp3) is 0.750. The first-order valence-electron chi connectivity index (χ1n) is 8.30. The third kappa shape index (κ3) is 3.64. The van der Waals surface area contributed by atoms with E-state index in [1.54, 1.807) is 0 Å². The van der Waals surface area contributed by atoms with Crippen LogP contribution in [-0.4, -0.2) is 48.1 Å². The molecular formula is C16H27N5. The monoisotopic (exact) mass is 289 g/mol. The topological polar surface area (TPSA) is 58.3 Å². The van der Waals surface area contributed by atoms with Gasteiger partial charge in [-0.3, -0.25) is 0 Å². The van der Waals surface area contributed by atoms with Crippen LogP contribution in [0.3, 0.4) is 0 Å². The highest BCUT2D eigenvalue weighted by Crippen LogP contribution is 2.33. The quantitative estimate of drug-likeness (QED) is 0.905. The standard InChI is InChI=1S/C16H27N5/c1-20-8-5-9-21(11-10-20)15-12-14(18-16(17)19-15)13-6-3-2-4-7-13/h12-13H,2-11H2,1H3,(H2,17,18,19). The van der Waals surface area contributed by atoms with Gasteiger partial charge in [0.15, 0.2) is 0 Å². The Morgan fingerprint density at radius 1 is 1.00 bits per heavy atom. The number of nitrogens with zero attached hydrogens (tertiary/aromatic N) is 4. The molecule has 1 saturated heterocycles. The van der Waals surface area contributed by atoms with E-state index in [1.165, 1.54) is 38.5 Å². The van der Waals surface area contributed by atoms with E-state index in [1.807, 2.05) is 0 Å². The zero-order valence-electron chi connectivity index (χ0n) is 13.1. The molecule has 2 fully saturated rings. The zero-order chi connectivity index (χ0) is 14.7. The summed E-state index contributed by atoms with van der Waals surface area (Å²) in [4.78, 5) is 13.8. The Kier molecular flexibility index (Phi) is 4.58. The first-order chi connectivity index (χ1) is 10.2. The molecule has 1 aliphatic heterocycles. The summed E-state index contributed by atoms with van der Waals surface area (Å²) in [6, 6.07) is 2.19. The Labute approximate surface area is 127 Å². The molecule has 5 heteroatoms. The molecule has 0 amide bonds. The number of aromatic nitrogens is 2. The maximum Gasteiger partial charge on any atom is 0.222 e. The number of anilines is 2. The van der Waals surface area contributed by atoms with E-state index in [4.69, 9.17) is 5.73 Å². The van der Waals surface area contributed by atoms with E-state index >= 15 is 0 Å². The Bertz CT molecular complexity index is 470. The summed E-state index contributed by atoms with van der Waals surface area (Å²) < 4.78 is 0. The minimum Gasteiger partial charge on any atom is -0.368 e. The first-order valence-corrected chi connectivity index (χ1v) is 8.30. The van der Waals surface area contributed by atoms with Gasteiger partial charge < -0.3 is 15.5 Å². The lowest BCUT2D eigenvalue weighted by atomic mass is 9.87. The molecule has 2 heterocycles. The molecular weight excluding hydrogens is 262 g/mol. The van der Waals surface area contributed by atoms with E-state index in [0.717, 1.165) is 37.7 Å². The van der Waals surface area contributed by atoms with Gasteiger partial charge in [-0.1, -0.05) is 19.3 Å². The Morgan fingerprint density at radius 2 is 1.81 bits per heavy atom. The van der Waals surface area contributed by atoms with E-state index in [2.05, 4.69) is 32.9 Å². The molecule has 0 bridgehead atoms. The molecule has 0 spiro atoms. The zero-order valence-corrected chi connectivity index (χ0v) is 13.1. The van der Waals surface area contributed by atoms with Crippen LogP contribution in [0.1, 0.15) is 50.1 Å². The SMILES string of the molecule is CN1CCCN(c2cc(C3CCCCC3)nc(N)n2)CC1. The third-order valence-electron chi connectivity index (χ3n) is 4.82. The Balaban J connectivity index is 1.79. The predicted octanol–water partition coefficient (Wildman–Crippen LogP) is 2.25. The molecule has 116 valence electrons. The summed E-state index contributed by atoms with van der Waals surface area (Å²) in [6.45, 7) is 4.33. The van der Waals surface area contributed by atoms with E-state index in [-0.39, 0.29) is 0 Å². The molecule has 5 nitrogen and oxygen atoms in total. The van der Waals surface area contributed by atoms with Crippen LogP contribution < -0.4 is 10.6 Å². The van der Waals surface area contributed by atoms with Crippen LogP contribution in [0, 0.1) is 0 Å². The maximum absolute atomic E-state index is 5.98. The summed E-state index contributed by atoms with van der Waals surface area (Å²) in [5.74, 6) is 2.04. The Morgan fingerprint density at radius 3 is 2.62 bits per heavy atom. The van der Waals surface area contributed by atoms with Crippen LogP contribution in [0.25, 0.3) is 0 Å². The average Bonchev–Trinajstić information content (AvgIpc) is 2.72. The highest BCUT2D eigenvalue weighted by Gasteiger charge is 2.20. The fourth-order valence-corrected chi connectivity index (χ4v) is 3.52. The number of likely N-dealkylation sites (N-methyl/N-ethyl adjacent to an activating group) is 1.